The van der Waals surface area contributed by atoms with Crippen LogP contribution in [0.2, 0.25) is 0 Å². The molecule has 3 rings (SSSR count). The summed E-state index contributed by atoms with van der Waals surface area (Å²) in [6, 6.07) is 15.4. The van der Waals surface area contributed by atoms with Gasteiger partial charge in [0.1, 0.15) is 6.61 Å². The molecule has 2 aromatic carbocycles. The number of nitrogens with one attached hydrogen (secondary N) is 1. The number of anilines is 1. The van der Waals surface area contributed by atoms with Gasteiger partial charge in [-0.05, 0) is 23.3 Å². The summed E-state index contributed by atoms with van der Waals surface area (Å²) in [5.74, 6) is -3.68. The van der Waals surface area contributed by atoms with Gasteiger partial charge in [-0.3, -0.25) is 4.79 Å². The van der Waals surface area contributed by atoms with Crippen LogP contribution in [0.15, 0.2) is 59.8 Å². The fourth-order valence-electron chi connectivity index (χ4n) is 2.51. The van der Waals surface area contributed by atoms with Crippen LogP contribution in [-0.2, 0) is 21.0 Å². The van der Waals surface area contributed by atoms with Crippen molar-refractivity contribution < 1.29 is 32.6 Å². The summed E-state index contributed by atoms with van der Waals surface area (Å²) in [7, 11) is 0. The van der Waals surface area contributed by atoms with Crippen LogP contribution in [-0.4, -0.2) is 35.3 Å². The third-order valence-electron chi connectivity index (χ3n) is 4.00. The number of nitrogens with zero attached hydrogens (tertiary/aromatic N) is 1. The fourth-order valence-corrected chi connectivity index (χ4v) is 2.51. The number of amides is 1. The first-order valence-corrected chi connectivity index (χ1v) is 8.33. The molecule has 0 bridgehead atoms. The Morgan fingerprint density at radius 3 is 2.46 bits per heavy atom. The van der Waals surface area contributed by atoms with E-state index in [0.29, 0.717) is 17.9 Å². The van der Waals surface area contributed by atoms with Crippen LogP contribution in [0.4, 0.5) is 18.9 Å². The van der Waals surface area contributed by atoms with Gasteiger partial charge in [0.25, 0.3) is 0 Å². The first-order valence-electron chi connectivity index (χ1n) is 8.33. The number of hydrogen-bond acceptors (Lipinski definition) is 5. The van der Waals surface area contributed by atoms with E-state index in [1.54, 1.807) is 0 Å². The number of rotatable bonds is 6. The van der Waals surface area contributed by atoms with Crippen molar-refractivity contribution in [3.05, 3.63) is 65.7 Å². The summed E-state index contributed by atoms with van der Waals surface area (Å²) < 4.78 is 43.6. The van der Waals surface area contributed by atoms with Crippen molar-refractivity contribution in [1.29, 1.82) is 0 Å². The largest absolute Gasteiger partial charge is 0.458 e. The number of carbonyl (C=O) groups is 1. The van der Waals surface area contributed by atoms with Crippen molar-refractivity contribution in [1.82, 2.24) is 0 Å². The smallest absolute Gasteiger partial charge is 0.367 e. The summed E-state index contributed by atoms with van der Waals surface area (Å²) in [4.78, 5) is 16.1. The molecule has 1 unspecified atom stereocenters. The predicted molar refractivity (Wildman–Crippen MR) is 94.4 cm³/mol. The van der Waals surface area contributed by atoms with Crippen molar-refractivity contribution >= 4 is 17.3 Å². The van der Waals surface area contributed by atoms with Crippen molar-refractivity contribution in [3.8, 4) is 0 Å². The maximum Gasteiger partial charge on any atom is 0.458 e. The summed E-state index contributed by atoms with van der Waals surface area (Å²) in [5, 5.41) is 15.4. The Morgan fingerprint density at radius 1 is 1.18 bits per heavy atom. The lowest BCUT2D eigenvalue weighted by Crippen LogP contribution is -2.45. The van der Waals surface area contributed by atoms with Gasteiger partial charge >= 0.3 is 12.0 Å². The summed E-state index contributed by atoms with van der Waals surface area (Å²) in [6.45, 7) is 0.158. The predicted octanol–water partition coefficient (Wildman–Crippen LogP) is 3.22. The summed E-state index contributed by atoms with van der Waals surface area (Å²) in [6.07, 6.45) is -5.76. The van der Waals surface area contributed by atoms with E-state index in [0.717, 1.165) is 5.56 Å². The number of alkyl halides is 3. The molecule has 1 amide bonds. The SMILES string of the molecule is O=C(COCc1ccccc1)Nc1ccc(C2=NOC(O)(C(F)(F)F)C2)cc1. The number of oxime groups is 1. The third-order valence-corrected chi connectivity index (χ3v) is 4.00. The summed E-state index contributed by atoms with van der Waals surface area (Å²) in [5.41, 5.74) is 1.70. The van der Waals surface area contributed by atoms with Crippen molar-refractivity contribution in [2.24, 2.45) is 5.16 Å². The highest BCUT2D eigenvalue weighted by Crippen LogP contribution is 2.38. The van der Waals surface area contributed by atoms with E-state index in [1.165, 1.54) is 24.3 Å². The molecule has 0 saturated heterocycles. The molecule has 6 nitrogen and oxygen atoms in total. The van der Waals surface area contributed by atoms with Crippen LogP contribution >= 0.6 is 0 Å². The minimum atomic E-state index is -4.95. The monoisotopic (exact) mass is 394 g/mol. The van der Waals surface area contributed by atoms with E-state index in [4.69, 9.17) is 4.74 Å². The van der Waals surface area contributed by atoms with Crippen LogP contribution in [0.3, 0.4) is 0 Å². The van der Waals surface area contributed by atoms with E-state index >= 15 is 0 Å². The maximum absolute atomic E-state index is 12.7. The van der Waals surface area contributed by atoms with Crippen LogP contribution in [0, 0.1) is 0 Å². The molecule has 0 aliphatic carbocycles. The average molecular weight is 394 g/mol. The fraction of sp³-hybridized carbons (Fsp3) is 0.263. The third kappa shape index (κ3) is 4.68. The second-order valence-corrected chi connectivity index (χ2v) is 6.19. The summed E-state index contributed by atoms with van der Waals surface area (Å²) >= 11 is 0. The van der Waals surface area contributed by atoms with Crippen molar-refractivity contribution in [3.63, 3.8) is 0 Å². The highest BCUT2D eigenvalue weighted by Gasteiger charge is 2.60. The van der Waals surface area contributed by atoms with Crippen LogP contribution in [0.5, 0.6) is 0 Å². The van der Waals surface area contributed by atoms with Gasteiger partial charge in [-0.2, -0.15) is 13.2 Å². The number of benzene rings is 2. The van der Waals surface area contributed by atoms with Gasteiger partial charge in [-0.15, -0.1) is 0 Å². The lowest BCUT2D eigenvalue weighted by molar-refractivity contribution is -0.355. The van der Waals surface area contributed by atoms with Crippen molar-refractivity contribution in [2.75, 3.05) is 11.9 Å². The lowest BCUT2D eigenvalue weighted by atomic mass is 10.0. The molecule has 28 heavy (non-hydrogen) atoms. The molecule has 9 heteroatoms. The van der Waals surface area contributed by atoms with Crippen LogP contribution < -0.4 is 5.32 Å². The van der Waals surface area contributed by atoms with Crippen molar-refractivity contribution in [2.45, 2.75) is 25.0 Å². The van der Waals surface area contributed by atoms with Gasteiger partial charge in [-0.25, -0.2) is 0 Å². The molecule has 2 N–H and O–H groups in total. The van der Waals surface area contributed by atoms with E-state index in [9.17, 15) is 23.1 Å². The van der Waals surface area contributed by atoms with E-state index in [-0.39, 0.29) is 18.2 Å². The molecule has 1 atom stereocenters. The first kappa shape index (κ1) is 19.8. The molecular formula is C19H17F3N2O4. The molecule has 0 radical (unpaired) electrons. The Hall–Kier alpha value is -2.91. The van der Waals surface area contributed by atoms with Gasteiger partial charge < -0.3 is 20.0 Å². The molecule has 1 heterocycles. The normalized spacial score (nSPS) is 19.1. The topological polar surface area (TPSA) is 80.2 Å². The number of carbonyl (C=O) groups excluding carboxylic acids is 1. The molecule has 148 valence electrons. The zero-order valence-corrected chi connectivity index (χ0v) is 14.6. The molecule has 0 fully saturated rings. The highest BCUT2D eigenvalue weighted by atomic mass is 19.4. The molecular weight excluding hydrogens is 377 g/mol. The second kappa shape index (κ2) is 7.99. The Balaban J connectivity index is 1.50. The minimum Gasteiger partial charge on any atom is -0.367 e. The van der Waals surface area contributed by atoms with Gasteiger partial charge in [-0.1, -0.05) is 47.6 Å². The molecule has 0 spiro atoms. The van der Waals surface area contributed by atoms with Gasteiger partial charge in [0.05, 0.1) is 18.7 Å². The Labute approximate surface area is 158 Å². The number of halogens is 3. The van der Waals surface area contributed by atoms with Gasteiger partial charge in [0.15, 0.2) is 0 Å². The van der Waals surface area contributed by atoms with E-state index < -0.39 is 18.4 Å². The quantitative estimate of drug-likeness (QED) is 0.789. The van der Waals surface area contributed by atoms with E-state index in [2.05, 4.69) is 15.3 Å². The number of ether oxygens (including phenoxy) is 1. The van der Waals surface area contributed by atoms with Crippen LogP contribution in [0.1, 0.15) is 17.5 Å². The number of hydrogen-bond donors (Lipinski definition) is 2. The number of aliphatic hydroxyl groups is 1. The van der Waals surface area contributed by atoms with Gasteiger partial charge in [0.2, 0.25) is 5.91 Å². The zero-order chi connectivity index (χ0) is 20.2. The Kier molecular flexibility index (Phi) is 5.66. The van der Waals surface area contributed by atoms with Gasteiger partial charge in [0, 0.05) is 5.69 Å². The maximum atomic E-state index is 12.7. The lowest BCUT2D eigenvalue weighted by Gasteiger charge is -2.22. The molecule has 0 aromatic heterocycles. The molecule has 1 aliphatic rings. The Bertz CT molecular complexity index is 854. The Morgan fingerprint density at radius 2 is 1.86 bits per heavy atom. The van der Waals surface area contributed by atoms with E-state index in [1.807, 2.05) is 30.3 Å². The second-order valence-electron chi connectivity index (χ2n) is 6.19. The molecule has 1 aliphatic heterocycles. The average Bonchev–Trinajstić information content (AvgIpc) is 3.07. The molecule has 2 aromatic rings. The van der Waals surface area contributed by atoms with Crippen LogP contribution in [0.25, 0.3) is 0 Å². The molecule has 0 saturated carbocycles. The standard InChI is InChI=1S/C19H17F3N2O4/c20-19(21,22)18(26)10-16(24-28-18)14-6-8-15(9-7-14)23-17(25)12-27-11-13-4-2-1-3-5-13/h1-9,26H,10-12H2,(H,23,25). The first-order chi connectivity index (χ1) is 13.3. The zero-order valence-electron chi connectivity index (χ0n) is 14.6. The highest BCUT2D eigenvalue weighted by molar-refractivity contribution is 6.02. The minimum absolute atomic E-state index is 0.0381.